The number of aromatic nitrogens is 3. The average Bonchev–Trinajstić information content (AvgIpc) is 3.50. The van der Waals surface area contributed by atoms with E-state index in [0.717, 1.165) is 15.7 Å². The topological polar surface area (TPSA) is 127 Å². The minimum atomic E-state index is -2.76. The van der Waals surface area contributed by atoms with Gasteiger partial charge < -0.3 is 24.3 Å². The maximum Gasteiger partial charge on any atom is 0.305 e. The number of aryl methyl sites for hydroxylation is 1. The number of carbonyl (C=O) groups is 2. The number of esters is 1. The number of anilines is 1. The van der Waals surface area contributed by atoms with E-state index >= 15 is 0 Å². The second-order valence-corrected chi connectivity index (χ2v) is 15.6. The number of aliphatic hydroxyl groups excluding tert-OH is 1. The molecule has 1 amide bonds. The van der Waals surface area contributed by atoms with E-state index in [1.807, 2.05) is 44.4 Å². The fraction of sp³-hybridized carbons (Fsp3) is 0.615. The molecule has 3 heterocycles. The fourth-order valence-corrected chi connectivity index (χ4v) is 9.08. The van der Waals surface area contributed by atoms with Crippen LogP contribution in [0, 0.1) is 5.92 Å². The lowest BCUT2D eigenvalue weighted by molar-refractivity contribution is -0.146. The minimum absolute atomic E-state index is 0.00705. The predicted molar refractivity (Wildman–Crippen MR) is 147 cm³/mol. The van der Waals surface area contributed by atoms with E-state index in [2.05, 4.69) is 26.2 Å². The van der Waals surface area contributed by atoms with Gasteiger partial charge in [0, 0.05) is 60.2 Å². The number of methoxy groups -OCH3 is 1. The average molecular weight is 610 g/mol. The third-order valence-corrected chi connectivity index (χ3v) is 10.8. The number of fused-ring (bicyclic) bond motifs is 2. The van der Waals surface area contributed by atoms with Crippen molar-refractivity contribution in [1.82, 2.24) is 15.0 Å². The molecule has 1 spiro atoms. The molecule has 0 saturated carbocycles. The second-order valence-electron chi connectivity index (χ2n) is 10.7. The first kappa shape index (κ1) is 28.9. The Kier molecular flexibility index (Phi) is 8.77. The Morgan fingerprint density at radius 2 is 2.05 bits per heavy atom. The summed E-state index contributed by atoms with van der Waals surface area (Å²) in [5.74, 6) is -0.628. The van der Waals surface area contributed by atoms with Gasteiger partial charge in [0.2, 0.25) is 0 Å². The molecule has 1 fully saturated rings. The van der Waals surface area contributed by atoms with Crippen molar-refractivity contribution >= 4 is 41.8 Å². The van der Waals surface area contributed by atoms with Crippen molar-refractivity contribution in [2.45, 2.75) is 75.9 Å². The number of unbranched alkanes of at least 4 members (excludes halogenated alkanes) is 1. The lowest BCUT2D eigenvalue weighted by Gasteiger charge is -2.32. The van der Waals surface area contributed by atoms with Crippen molar-refractivity contribution < 1.29 is 29.0 Å². The molecule has 1 aromatic carbocycles. The van der Waals surface area contributed by atoms with E-state index in [0.29, 0.717) is 50.9 Å². The summed E-state index contributed by atoms with van der Waals surface area (Å²) in [6, 6.07) is 5.81. The summed E-state index contributed by atoms with van der Waals surface area (Å²) < 4.78 is 14.1. The number of rotatable bonds is 11. The fourth-order valence-electron chi connectivity index (χ4n) is 6.12. The van der Waals surface area contributed by atoms with E-state index in [1.54, 1.807) is 9.58 Å². The number of nitrogens with zero attached hydrogens (tertiary/aromatic N) is 4. The van der Waals surface area contributed by atoms with Crippen LogP contribution in [0.1, 0.15) is 43.9 Å². The third kappa shape index (κ3) is 5.46. The van der Waals surface area contributed by atoms with Crippen LogP contribution >= 0.6 is 15.9 Å². The quantitative estimate of drug-likeness (QED) is 0.226. The van der Waals surface area contributed by atoms with Gasteiger partial charge in [0.1, 0.15) is 0 Å². The zero-order valence-corrected chi connectivity index (χ0v) is 25.0. The first-order valence-corrected chi connectivity index (χ1v) is 16.9. The summed E-state index contributed by atoms with van der Waals surface area (Å²) in [6.45, 7) is 6.82. The number of amides is 1. The summed E-state index contributed by atoms with van der Waals surface area (Å²) in [5.41, 5.74) is 0.955. The van der Waals surface area contributed by atoms with Crippen LogP contribution < -0.4 is 4.90 Å². The number of ether oxygens (including phenoxy) is 2. The van der Waals surface area contributed by atoms with Crippen LogP contribution in [0.15, 0.2) is 28.9 Å². The van der Waals surface area contributed by atoms with Crippen LogP contribution in [0.2, 0.25) is 18.6 Å². The van der Waals surface area contributed by atoms with Gasteiger partial charge in [-0.05, 0) is 50.6 Å². The lowest BCUT2D eigenvalue weighted by atomic mass is 9.82. The Labute approximate surface area is 232 Å². The van der Waals surface area contributed by atoms with E-state index < -0.39 is 13.9 Å². The number of carbonyl (C=O) groups excluding carboxylic acids is 2. The van der Waals surface area contributed by atoms with E-state index in [9.17, 15) is 19.5 Å². The molecular formula is C26H37BrN4O6Si. The van der Waals surface area contributed by atoms with E-state index in [1.165, 1.54) is 7.11 Å². The number of hydrogen-bond acceptors (Lipinski definition) is 8. The normalized spacial score (nSPS) is 24.9. The molecule has 0 radical (unpaired) electrons. The summed E-state index contributed by atoms with van der Waals surface area (Å²) in [6.07, 6.45) is 4.03. The standard InChI is InChI=1S/C26H37BrN4O6Si/c1-17-24(38(3,4)35)22(10-13-30-16-19(11-14-32)28-29-30)37-26(17)20-15-18(27)8-9-21(20)31(25(26)34)12-6-5-7-23(33)36-2/h8-9,15-17,22,24,32,35H,5-7,10-14H2,1-4H3/t17-,22+,24-,26+/m0/s1. The van der Waals surface area contributed by atoms with Crippen LogP contribution in [0.5, 0.6) is 0 Å². The van der Waals surface area contributed by atoms with Gasteiger partial charge in [0.15, 0.2) is 13.9 Å². The molecule has 10 nitrogen and oxygen atoms in total. The lowest BCUT2D eigenvalue weighted by Crippen LogP contribution is -2.46. The smallest absolute Gasteiger partial charge is 0.305 e. The highest BCUT2D eigenvalue weighted by atomic mass is 79.9. The molecule has 2 aromatic rings. The molecule has 0 unspecified atom stereocenters. The van der Waals surface area contributed by atoms with Crippen molar-refractivity contribution in [3.63, 3.8) is 0 Å². The van der Waals surface area contributed by atoms with Gasteiger partial charge in [0.25, 0.3) is 5.91 Å². The van der Waals surface area contributed by atoms with Gasteiger partial charge in [-0.15, -0.1) is 5.10 Å². The molecule has 4 rings (SSSR count). The van der Waals surface area contributed by atoms with Crippen LogP contribution in [0.25, 0.3) is 0 Å². The Morgan fingerprint density at radius 3 is 2.74 bits per heavy atom. The molecule has 208 valence electrons. The maximum absolute atomic E-state index is 14.2. The molecule has 4 atom stereocenters. The van der Waals surface area contributed by atoms with Crippen LogP contribution in [0.4, 0.5) is 5.69 Å². The molecule has 2 N–H and O–H groups in total. The second kappa shape index (κ2) is 11.5. The largest absolute Gasteiger partial charge is 0.469 e. The highest BCUT2D eigenvalue weighted by molar-refractivity contribution is 9.10. The first-order valence-electron chi connectivity index (χ1n) is 13.1. The van der Waals surface area contributed by atoms with Crippen molar-refractivity contribution in [3.05, 3.63) is 40.1 Å². The molecule has 12 heteroatoms. The Bertz CT molecular complexity index is 1170. The van der Waals surface area contributed by atoms with Gasteiger partial charge >= 0.3 is 5.97 Å². The van der Waals surface area contributed by atoms with Crippen LogP contribution in [-0.2, 0) is 37.6 Å². The zero-order chi connectivity index (χ0) is 27.7. The summed E-state index contributed by atoms with van der Waals surface area (Å²) in [7, 11) is -1.39. The van der Waals surface area contributed by atoms with Gasteiger partial charge in [-0.25, -0.2) is 0 Å². The number of benzene rings is 1. The van der Waals surface area contributed by atoms with Crippen molar-refractivity contribution in [1.29, 1.82) is 0 Å². The molecular weight excluding hydrogens is 572 g/mol. The van der Waals surface area contributed by atoms with Crippen molar-refractivity contribution in [3.8, 4) is 0 Å². The Hall–Kier alpha value is -2.12. The van der Waals surface area contributed by atoms with E-state index in [-0.39, 0.29) is 36.0 Å². The highest BCUT2D eigenvalue weighted by Crippen LogP contribution is 2.59. The van der Waals surface area contributed by atoms with Gasteiger partial charge in [-0.2, -0.15) is 0 Å². The molecule has 2 aliphatic rings. The number of hydrogen-bond donors (Lipinski definition) is 2. The zero-order valence-electron chi connectivity index (χ0n) is 22.4. The van der Waals surface area contributed by atoms with Crippen molar-refractivity contribution in [2.75, 3.05) is 25.2 Å². The van der Waals surface area contributed by atoms with Gasteiger partial charge in [0.05, 0.1) is 24.6 Å². The summed E-state index contributed by atoms with van der Waals surface area (Å²) >= 11 is 3.58. The minimum Gasteiger partial charge on any atom is -0.469 e. The van der Waals surface area contributed by atoms with Crippen LogP contribution in [0.3, 0.4) is 0 Å². The Morgan fingerprint density at radius 1 is 1.29 bits per heavy atom. The SMILES string of the molecule is COC(=O)CCCCN1C(=O)[C@]2(O[C@H](CCn3cc(CCO)nn3)[C@@H]([Si](C)(C)O)[C@@H]2C)c2cc(Br)ccc21. The third-order valence-electron chi connectivity index (χ3n) is 7.78. The molecule has 0 bridgehead atoms. The molecule has 0 aliphatic carbocycles. The van der Waals surface area contributed by atoms with Gasteiger partial charge in [-0.1, -0.05) is 28.1 Å². The molecule has 1 aromatic heterocycles. The molecule has 38 heavy (non-hydrogen) atoms. The van der Waals surface area contributed by atoms with E-state index in [4.69, 9.17) is 9.47 Å². The molecule has 1 saturated heterocycles. The van der Waals surface area contributed by atoms with Gasteiger partial charge in [-0.3, -0.25) is 14.3 Å². The number of aliphatic hydroxyl groups is 1. The predicted octanol–water partition coefficient (Wildman–Crippen LogP) is 3.15. The summed E-state index contributed by atoms with van der Waals surface area (Å²) in [5, 5.41) is 17.4. The monoisotopic (exact) mass is 608 g/mol. The maximum atomic E-state index is 14.2. The highest BCUT2D eigenvalue weighted by Gasteiger charge is 2.66. The van der Waals surface area contributed by atoms with Crippen molar-refractivity contribution in [2.24, 2.45) is 5.92 Å². The molecule has 2 aliphatic heterocycles. The Balaban J connectivity index is 1.62. The van der Waals surface area contributed by atoms with Crippen LogP contribution in [-0.4, -0.2) is 71.5 Å². The first-order chi connectivity index (χ1) is 18.0. The summed E-state index contributed by atoms with van der Waals surface area (Å²) in [4.78, 5) is 39.0. The number of halogens is 1.